The average molecular weight is 411 g/mol. The van der Waals surface area contributed by atoms with Crippen molar-refractivity contribution >= 4 is 22.9 Å². The second kappa shape index (κ2) is 8.40. The minimum Gasteiger partial charge on any atom is -0.347 e. The van der Waals surface area contributed by atoms with E-state index in [-0.39, 0.29) is 23.0 Å². The number of carbonyl (C=O) groups excluding carboxylic acids is 1. The molecule has 1 heterocycles. The lowest BCUT2D eigenvalue weighted by atomic mass is 10.1. The first-order chi connectivity index (χ1) is 13.7. The van der Waals surface area contributed by atoms with Crippen LogP contribution in [0, 0.1) is 30.9 Å². The molecule has 0 spiro atoms. The average Bonchev–Trinajstić information content (AvgIpc) is 2.94. The highest BCUT2D eigenvalue weighted by molar-refractivity contribution is 7.11. The Morgan fingerprint density at radius 1 is 1.10 bits per heavy atom. The first kappa shape index (κ1) is 20.5. The Kier molecular flexibility index (Phi) is 5.93. The van der Waals surface area contributed by atoms with E-state index in [1.807, 2.05) is 26.0 Å². The summed E-state index contributed by atoms with van der Waals surface area (Å²) in [6.07, 6.45) is 0. The molecule has 0 bridgehead atoms. The van der Waals surface area contributed by atoms with Gasteiger partial charge in [0.25, 0.3) is 11.6 Å². The van der Waals surface area contributed by atoms with Crippen molar-refractivity contribution in [3.63, 3.8) is 0 Å². The number of aryl methyl sites for hydroxylation is 2. The number of hydrogen-bond donors (Lipinski definition) is 1. The van der Waals surface area contributed by atoms with E-state index in [1.54, 1.807) is 23.6 Å². The predicted octanol–water partition coefficient (Wildman–Crippen LogP) is 3.72. The van der Waals surface area contributed by atoms with Gasteiger partial charge in [0.2, 0.25) is 0 Å². The maximum Gasteiger partial charge on any atom is 0.308 e. The lowest BCUT2D eigenvalue weighted by Crippen LogP contribution is -2.23. The number of amides is 1. The molecule has 2 aromatic carbocycles. The Morgan fingerprint density at radius 2 is 1.79 bits per heavy atom. The van der Waals surface area contributed by atoms with Gasteiger partial charge in [-0.25, -0.2) is 0 Å². The van der Waals surface area contributed by atoms with Gasteiger partial charge in [-0.05, 0) is 31.9 Å². The summed E-state index contributed by atoms with van der Waals surface area (Å²) in [7, 11) is 0. The van der Waals surface area contributed by atoms with Crippen molar-refractivity contribution < 1.29 is 9.72 Å². The first-order valence-corrected chi connectivity index (χ1v) is 9.85. The SMILES string of the molecule is Cc1cc(C)cc(Cn2c(C)c(C(=O)NCc3cccc([N+](=O)[O-])c3)sc2=O)c1. The van der Waals surface area contributed by atoms with Crippen LogP contribution in [0.3, 0.4) is 0 Å². The number of nitrogens with one attached hydrogen (secondary N) is 1. The van der Waals surface area contributed by atoms with E-state index in [4.69, 9.17) is 0 Å². The molecule has 8 heteroatoms. The maximum atomic E-state index is 12.6. The minimum absolute atomic E-state index is 0.0304. The summed E-state index contributed by atoms with van der Waals surface area (Å²) >= 11 is 0.907. The zero-order valence-electron chi connectivity index (χ0n) is 16.4. The minimum atomic E-state index is -0.478. The predicted molar refractivity (Wildman–Crippen MR) is 113 cm³/mol. The number of hydrogen-bond acceptors (Lipinski definition) is 5. The van der Waals surface area contributed by atoms with E-state index in [1.165, 1.54) is 12.1 Å². The smallest absolute Gasteiger partial charge is 0.308 e. The van der Waals surface area contributed by atoms with Gasteiger partial charge in [0.15, 0.2) is 0 Å². The summed E-state index contributed by atoms with van der Waals surface area (Å²) in [6, 6.07) is 12.2. The summed E-state index contributed by atoms with van der Waals surface area (Å²) in [5.41, 5.74) is 4.45. The fraction of sp³-hybridized carbons (Fsp3) is 0.238. The monoisotopic (exact) mass is 411 g/mol. The van der Waals surface area contributed by atoms with E-state index in [2.05, 4.69) is 11.4 Å². The molecule has 150 valence electrons. The summed E-state index contributed by atoms with van der Waals surface area (Å²) in [5.74, 6) is -0.365. The van der Waals surface area contributed by atoms with Gasteiger partial charge in [0, 0.05) is 24.4 Å². The van der Waals surface area contributed by atoms with Crippen molar-refractivity contribution in [3.8, 4) is 0 Å². The van der Waals surface area contributed by atoms with Crippen molar-refractivity contribution in [2.24, 2.45) is 0 Å². The second-order valence-electron chi connectivity index (χ2n) is 6.97. The van der Waals surface area contributed by atoms with Crippen molar-refractivity contribution in [3.05, 3.63) is 95.1 Å². The van der Waals surface area contributed by atoms with Crippen LogP contribution in [-0.4, -0.2) is 15.4 Å². The van der Waals surface area contributed by atoms with Gasteiger partial charge in [-0.2, -0.15) is 0 Å². The molecule has 0 fully saturated rings. The molecular weight excluding hydrogens is 390 g/mol. The number of benzene rings is 2. The number of carbonyl (C=O) groups is 1. The number of nitrogens with zero attached hydrogens (tertiary/aromatic N) is 2. The van der Waals surface area contributed by atoms with Gasteiger partial charge in [-0.3, -0.25) is 24.3 Å². The van der Waals surface area contributed by atoms with Gasteiger partial charge >= 0.3 is 4.87 Å². The number of aromatic nitrogens is 1. The van der Waals surface area contributed by atoms with E-state index in [9.17, 15) is 19.7 Å². The van der Waals surface area contributed by atoms with Crippen LogP contribution >= 0.6 is 11.3 Å². The van der Waals surface area contributed by atoms with Gasteiger partial charge in [0.05, 0.1) is 11.5 Å². The Bertz CT molecular complexity index is 1130. The molecular formula is C21H21N3O4S. The number of non-ortho nitro benzene ring substituents is 1. The van der Waals surface area contributed by atoms with Crippen molar-refractivity contribution in [1.82, 2.24) is 9.88 Å². The van der Waals surface area contributed by atoms with E-state index in [0.29, 0.717) is 22.7 Å². The van der Waals surface area contributed by atoms with Gasteiger partial charge in [0.1, 0.15) is 4.88 Å². The van der Waals surface area contributed by atoms with Crippen LogP contribution in [-0.2, 0) is 13.1 Å². The first-order valence-electron chi connectivity index (χ1n) is 9.03. The fourth-order valence-corrected chi connectivity index (χ4v) is 4.16. The van der Waals surface area contributed by atoms with Crippen LogP contribution in [0.25, 0.3) is 0 Å². The van der Waals surface area contributed by atoms with E-state index in [0.717, 1.165) is 28.0 Å². The largest absolute Gasteiger partial charge is 0.347 e. The highest BCUT2D eigenvalue weighted by Crippen LogP contribution is 2.17. The lowest BCUT2D eigenvalue weighted by Gasteiger charge is -2.09. The highest BCUT2D eigenvalue weighted by atomic mass is 32.1. The van der Waals surface area contributed by atoms with E-state index < -0.39 is 4.92 Å². The maximum absolute atomic E-state index is 12.6. The molecule has 1 N–H and O–H groups in total. The topological polar surface area (TPSA) is 94.2 Å². The number of nitro benzene ring substituents is 1. The van der Waals surface area contributed by atoms with Crippen molar-refractivity contribution in [2.75, 3.05) is 0 Å². The van der Waals surface area contributed by atoms with Crippen LogP contribution in [0.1, 0.15) is 37.6 Å². The Balaban J connectivity index is 1.77. The second-order valence-corrected chi connectivity index (χ2v) is 7.94. The molecule has 0 saturated heterocycles. The Labute approximate surface area is 171 Å². The molecule has 0 unspecified atom stereocenters. The zero-order valence-corrected chi connectivity index (χ0v) is 17.2. The standard InChI is InChI=1S/C21H21N3O4S/c1-13-7-14(2)9-17(8-13)12-23-15(3)19(29-21(23)26)20(25)22-11-16-5-4-6-18(10-16)24(27)28/h4-10H,11-12H2,1-3H3,(H,22,25). The Hall–Kier alpha value is -3.26. The molecule has 1 amide bonds. The summed E-state index contributed by atoms with van der Waals surface area (Å²) < 4.78 is 1.60. The molecule has 0 aliphatic heterocycles. The molecule has 0 aliphatic rings. The highest BCUT2D eigenvalue weighted by Gasteiger charge is 2.18. The zero-order chi connectivity index (χ0) is 21.1. The molecule has 3 rings (SSSR count). The summed E-state index contributed by atoms with van der Waals surface area (Å²) in [4.78, 5) is 35.6. The summed E-state index contributed by atoms with van der Waals surface area (Å²) in [6.45, 7) is 6.31. The van der Waals surface area contributed by atoms with Crippen LogP contribution in [0.5, 0.6) is 0 Å². The third-order valence-electron chi connectivity index (χ3n) is 4.55. The molecule has 1 aromatic heterocycles. The van der Waals surface area contributed by atoms with Crippen molar-refractivity contribution in [1.29, 1.82) is 0 Å². The molecule has 3 aromatic rings. The van der Waals surface area contributed by atoms with Crippen LogP contribution in [0.2, 0.25) is 0 Å². The van der Waals surface area contributed by atoms with E-state index >= 15 is 0 Å². The van der Waals surface area contributed by atoms with Crippen LogP contribution in [0.4, 0.5) is 5.69 Å². The van der Waals surface area contributed by atoms with Crippen molar-refractivity contribution in [2.45, 2.75) is 33.9 Å². The fourth-order valence-electron chi connectivity index (χ4n) is 3.26. The normalized spacial score (nSPS) is 10.7. The molecule has 0 atom stereocenters. The Morgan fingerprint density at radius 3 is 2.45 bits per heavy atom. The van der Waals surface area contributed by atoms with Gasteiger partial charge in [-0.1, -0.05) is 52.8 Å². The molecule has 7 nitrogen and oxygen atoms in total. The van der Waals surface area contributed by atoms with Crippen LogP contribution in [0.15, 0.2) is 47.3 Å². The quantitative estimate of drug-likeness (QED) is 0.494. The van der Waals surface area contributed by atoms with Crippen LogP contribution < -0.4 is 10.2 Å². The number of thiazole rings is 1. The molecule has 29 heavy (non-hydrogen) atoms. The molecule has 0 aliphatic carbocycles. The molecule has 0 radical (unpaired) electrons. The third-order valence-corrected chi connectivity index (χ3v) is 5.63. The number of nitro groups is 1. The van der Waals surface area contributed by atoms with Gasteiger partial charge in [-0.15, -0.1) is 0 Å². The summed E-state index contributed by atoms with van der Waals surface area (Å²) in [5, 5.41) is 13.6. The molecule has 0 saturated carbocycles. The van der Waals surface area contributed by atoms with Gasteiger partial charge < -0.3 is 5.32 Å². The lowest BCUT2D eigenvalue weighted by molar-refractivity contribution is -0.384. The number of rotatable bonds is 6. The third kappa shape index (κ3) is 4.78.